The molecule has 0 spiro atoms. The third-order valence-electron chi connectivity index (χ3n) is 2.63. The molecule has 0 fully saturated rings. The highest BCUT2D eigenvalue weighted by molar-refractivity contribution is 9.10. The lowest BCUT2D eigenvalue weighted by atomic mass is 10.0. The summed E-state index contributed by atoms with van der Waals surface area (Å²) in [6, 6.07) is 4.83. The van der Waals surface area contributed by atoms with E-state index in [4.69, 9.17) is 5.84 Å². The number of unbranched alkanes of at least 4 members (excludes halogenated alkanes) is 2. The lowest BCUT2D eigenvalue weighted by Crippen LogP contribution is -2.28. The zero-order chi connectivity index (χ0) is 12.0. The maximum absolute atomic E-state index is 13.6. The van der Waals surface area contributed by atoms with Crippen molar-refractivity contribution in [2.75, 3.05) is 0 Å². The van der Waals surface area contributed by atoms with Crippen LogP contribution >= 0.6 is 15.9 Å². The van der Waals surface area contributed by atoms with E-state index in [-0.39, 0.29) is 11.9 Å². The van der Waals surface area contributed by atoms with Gasteiger partial charge in [0.15, 0.2) is 0 Å². The van der Waals surface area contributed by atoms with E-state index in [1.165, 1.54) is 6.07 Å². The van der Waals surface area contributed by atoms with E-state index in [1.54, 1.807) is 12.1 Å². The quantitative estimate of drug-likeness (QED) is 0.476. The van der Waals surface area contributed by atoms with Gasteiger partial charge in [0.05, 0.1) is 0 Å². The van der Waals surface area contributed by atoms with E-state index in [0.29, 0.717) is 5.56 Å². The van der Waals surface area contributed by atoms with E-state index in [1.807, 2.05) is 0 Å². The van der Waals surface area contributed by atoms with Gasteiger partial charge >= 0.3 is 0 Å². The van der Waals surface area contributed by atoms with Gasteiger partial charge in [-0.3, -0.25) is 11.3 Å². The van der Waals surface area contributed by atoms with Gasteiger partial charge in [0.25, 0.3) is 0 Å². The molecular weight excluding hydrogens is 271 g/mol. The van der Waals surface area contributed by atoms with E-state index in [0.717, 1.165) is 30.2 Å². The van der Waals surface area contributed by atoms with Crippen LogP contribution in [-0.2, 0) is 0 Å². The number of hydrazine groups is 1. The number of hydrogen-bond donors (Lipinski definition) is 2. The molecule has 0 aliphatic rings. The van der Waals surface area contributed by atoms with Crippen LogP contribution in [0.4, 0.5) is 4.39 Å². The molecule has 0 aromatic heterocycles. The predicted molar refractivity (Wildman–Crippen MR) is 68.3 cm³/mol. The van der Waals surface area contributed by atoms with Crippen molar-refractivity contribution in [2.24, 2.45) is 5.84 Å². The van der Waals surface area contributed by atoms with Crippen LogP contribution in [0.5, 0.6) is 0 Å². The van der Waals surface area contributed by atoms with Gasteiger partial charge in [-0.05, 0) is 24.6 Å². The first kappa shape index (κ1) is 13.6. The van der Waals surface area contributed by atoms with Crippen LogP contribution in [0.1, 0.15) is 44.2 Å². The minimum atomic E-state index is -0.206. The number of nitrogens with one attached hydrogen (secondary N) is 1. The smallest absolute Gasteiger partial charge is 0.128 e. The molecule has 4 heteroatoms. The van der Waals surface area contributed by atoms with Gasteiger partial charge in [-0.15, -0.1) is 0 Å². The largest absolute Gasteiger partial charge is 0.271 e. The van der Waals surface area contributed by atoms with Crippen molar-refractivity contribution in [2.45, 2.75) is 38.6 Å². The van der Waals surface area contributed by atoms with E-state index >= 15 is 0 Å². The van der Waals surface area contributed by atoms with Crippen LogP contribution in [0.2, 0.25) is 0 Å². The summed E-state index contributed by atoms with van der Waals surface area (Å²) in [6.45, 7) is 2.14. The molecule has 0 bridgehead atoms. The molecule has 0 aliphatic carbocycles. The number of hydrogen-bond acceptors (Lipinski definition) is 2. The summed E-state index contributed by atoms with van der Waals surface area (Å²) < 4.78 is 14.5. The fourth-order valence-corrected chi connectivity index (χ4v) is 2.09. The summed E-state index contributed by atoms with van der Waals surface area (Å²) in [4.78, 5) is 0. The molecular formula is C12H18BrFN2. The van der Waals surface area contributed by atoms with Crippen molar-refractivity contribution in [3.05, 3.63) is 34.1 Å². The fourth-order valence-electron chi connectivity index (χ4n) is 1.71. The van der Waals surface area contributed by atoms with Crippen molar-refractivity contribution in [1.29, 1.82) is 0 Å². The Labute approximate surface area is 105 Å². The van der Waals surface area contributed by atoms with Gasteiger partial charge in [0, 0.05) is 16.1 Å². The molecule has 0 aliphatic heterocycles. The maximum Gasteiger partial charge on any atom is 0.128 e. The maximum atomic E-state index is 13.6. The molecule has 0 saturated carbocycles. The Kier molecular flexibility index (Phi) is 5.95. The molecule has 1 aromatic rings. The summed E-state index contributed by atoms with van der Waals surface area (Å²) in [5, 5.41) is 0. The Bertz CT molecular complexity index is 331. The van der Waals surface area contributed by atoms with Crippen LogP contribution in [0.15, 0.2) is 22.7 Å². The minimum absolute atomic E-state index is 0.107. The molecule has 1 rings (SSSR count). The molecule has 0 amide bonds. The average molecular weight is 289 g/mol. The second kappa shape index (κ2) is 6.99. The minimum Gasteiger partial charge on any atom is -0.271 e. The normalized spacial score (nSPS) is 12.8. The Balaban J connectivity index is 2.73. The number of benzene rings is 1. The molecule has 2 nitrogen and oxygen atoms in total. The second-order valence-corrected chi connectivity index (χ2v) is 4.80. The monoisotopic (exact) mass is 288 g/mol. The fraction of sp³-hybridized carbons (Fsp3) is 0.500. The van der Waals surface area contributed by atoms with E-state index < -0.39 is 0 Å². The highest BCUT2D eigenvalue weighted by Gasteiger charge is 2.14. The Hall–Kier alpha value is -0.450. The number of rotatable bonds is 6. The number of nitrogens with two attached hydrogens (primary N) is 1. The molecule has 0 heterocycles. The van der Waals surface area contributed by atoms with Crippen molar-refractivity contribution >= 4 is 15.9 Å². The first-order valence-corrected chi connectivity index (χ1v) is 6.39. The van der Waals surface area contributed by atoms with Crippen LogP contribution in [0.25, 0.3) is 0 Å². The van der Waals surface area contributed by atoms with Crippen molar-refractivity contribution in [3.8, 4) is 0 Å². The third-order valence-corrected chi connectivity index (χ3v) is 3.12. The molecule has 1 unspecified atom stereocenters. The lowest BCUT2D eigenvalue weighted by Gasteiger charge is -2.17. The standard InChI is InChI=1S/C12H18BrFN2/c1-2-3-4-5-12(16-15)10-8-9(13)6-7-11(10)14/h6-8,12,16H,2-5,15H2,1H3. The van der Waals surface area contributed by atoms with Gasteiger partial charge in [0.1, 0.15) is 5.82 Å². The molecule has 90 valence electrons. The summed E-state index contributed by atoms with van der Waals surface area (Å²) in [7, 11) is 0. The molecule has 1 atom stereocenters. The average Bonchev–Trinajstić information content (AvgIpc) is 2.28. The van der Waals surface area contributed by atoms with Crippen molar-refractivity contribution in [1.82, 2.24) is 5.43 Å². The van der Waals surface area contributed by atoms with Gasteiger partial charge in [-0.1, -0.05) is 42.1 Å². The summed E-state index contributed by atoms with van der Waals surface area (Å²) in [5.74, 6) is 5.27. The second-order valence-electron chi connectivity index (χ2n) is 3.88. The molecule has 0 radical (unpaired) electrons. The Morgan fingerprint density at radius 2 is 2.19 bits per heavy atom. The van der Waals surface area contributed by atoms with Crippen LogP contribution in [0.3, 0.4) is 0 Å². The molecule has 1 aromatic carbocycles. The number of halogens is 2. The highest BCUT2D eigenvalue weighted by Crippen LogP contribution is 2.25. The molecule has 3 N–H and O–H groups in total. The van der Waals surface area contributed by atoms with Gasteiger partial charge in [0.2, 0.25) is 0 Å². The van der Waals surface area contributed by atoms with Crippen LogP contribution in [0, 0.1) is 5.82 Å². The van der Waals surface area contributed by atoms with Crippen LogP contribution < -0.4 is 11.3 Å². The van der Waals surface area contributed by atoms with E-state index in [9.17, 15) is 4.39 Å². The SMILES string of the molecule is CCCCCC(NN)c1cc(Br)ccc1F. The van der Waals surface area contributed by atoms with Crippen molar-refractivity contribution < 1.29 is 4.39 Å². The van der Waals surface area contributed by atoms with E-state index in [2.05, 4.69) is 28.3 Å². The lowest BCUT2D eigenvalue weighted by molar-refractivity contribution is 0.464. The van der Waals surface area contributed by atoms with Gasteiger partial charge in [-0.25, -0.2) is 4.39 Å². The molecule has 16 heavy (non-hydrogen) atoms. The summed E-state index contributed by atoms with van der Waals surface area (Å²) in [5.41, 5.74) is 3.32. The van der Waals surface area contributed by atoms with Crippen LogP contribution in [-0.4, -0.2) is 0 Å². The zero-order valence-corrected chi connectivity index (χ0v) is 11.1. The molecule has 0 saturated heterocycles. The third kappa shape index (κ3) is 3.85. The first-order chi connectivity index (χ1) is 7.69. The summed E-state index contributed by atoms with van der Waals surface area (Å²) >= 11 is 3.34. The highest BCUT2D eigenvalue weighted by atomic mass is 79.9. The first-order valence-electron chi connectivity index (χ1n) is 5.60. The van der Waals surface area contributed by atoms with Gasteiger partial charge < -0.3 is 0 Å². The zero-order valence-electron chi connectivity index (χ0n) is 9.47. The van der Waals surface area contributed by atoms with Gasteiger partial charge in [-0.2, -0.15) is 0 Å². The topological polar surface area (TPSA) is 38.0 Å². The Morgan fingerprint density at radius 1 is 1.44 bits per heavy atom. The summed E-state index contributed by atoms with van der Waals surface area (Å²) in [6.07, 6.45) is 4.21. The van der Waals surface area contributed by atoms with Crippen molar-refractivity contribution in [3.63, 3.8) is 0 Å². The predicted octanol–water partition coefficient (Wildman–Crippen LogP) is 3.67. The Morgan fingerprint density at radius 3 is 2.81 bits per heavy atom.